The lowest BCUT2D eigenvalue weighted by molar-refractivity contribution is -0.138. The molecule has 0 radical (unpaired) electrons. The second kappa shape index (κ2) is 9.23. The Hall–Kier alpha value is -2.78. The van der Waals surface area contributed by atoms with Gasteiger partial charge in [-0.3, -0.25) is 4.79 Å². The van der Waals surface area contributed by atoms with Crippen LogP contribution in [0, 0.1) is 6.92 Å². The van der Waals surface area contributed by atoms with Crippen LogP contribution in [0.3, 0.4) is 0 Å². The fourth-order valence-electron chi connectivity index (χ4n) is 3.66. The van der Waals surface area contributed by atoms with E-state index in [4.69, 9.17) is 5.11 Å². The number of aliphatic carboxylic acids is 1. The van der Waals surface area contributed by atoms with E-state index >= 15 is 0 Å². The molecule has 0 fully saturated rings. The van der Waals surface area contributed by atoms with Crippen molar-refractivity contribution in [2.45, 2.75) is 37.3 Å². The standard InChI is InChI=1S/C24H21F3N2O2S2/c1-14(12-32-19-7-8-20-16(9-23(30)31)13-33-22(20)10-19)21-11-29(28-15(21)2)18-5-3-17(4-6-18)24(25,26)27/h3-8,10-11,13-14H,9,12H2,1-2H3,(H,30,31)/t14-/m0/s1. The van der Waals surface area contributed by atoms with E-state index in [0.29, 0.717) is 5.69 Å². The molecule has 0 unspecified atom stereocenters. The summed E-state index contributed by atoms with van der Waals surface area (Å²) in [7, 11) is 0. The zero-order valence-electron chi connectivity index (χ0n) is 17.9. The summed E-state index contributed by atoms with van der Waals surface area (Å²) >= 11 is 3.25. The smallest absolute Gasteiger partial charge is 0.416 e. The molecule has 4 aromatic rings. The van der Waals surface area contributed by atoms with E-state index in [1.807, 2.05) is 30.6 Å². The van der Waals surface area contributed by atoms with E-state index in [2.05, 4.69) is 18.1 Å². The molecule has 33 heavy (non-hydrogen) atoms. The van der Waals surface area contributed by atoms with Crippen LogP contribution in [0.5, 0.6) is 0 Å². The minimum atomic E-state index is -4.36. The molecule has 0 aliphatic heterocycles. The van der Waals surface area contributed by atoms with Crippen LogP contribution in [0.4, 0.5) is 13.2 Å². The van der Waals surface area contributed by atoms with Gasteiger partial charge in [0.25, 0.3) is 0 Å². The van der Waals surface area contributed by atoms with Crippen LogP contribution in [-0.4, -0.2) is 26.6 Å². The van der Waals surface area contributed by atoms with Gasteiger partial charge in [0.1, 0.15) is 0 Å². The van der Waals surface area contributed by atoms with Crippen LogP contribution in [-0.2, 0) is 17.4 Å². The van der Waals surface area contributed by atoms with Crippen molar-refractivity contribution in [3.8, 4) is 5.69 Å². The van der Waals surface area contributed by atoms with E-state index in [0.717, 1.165) is 49.7 Å². The fraction of sp³-hybridized carbons (Fsp3) is 0.250. The van der Waals surface area contributed by atoms with Gasteiger partial charge in [0.05, 0.1) is 23.4 Å². The number of alkyl halides is 3. The average Bonchev–Trinajstić information content (AvgIpc) is 3.34. The maximum atomic E-state index is 12.8. The van der Waals surface area contributed by atoms with Gasteiger partial charge in [0.15, 0.2) is 0 Å². The molecule has 172 valence electrons. The summed E-state index contributed by atoms with van der Waals surface area (Å²) in [6.45, 7) is 4.00. The number of thioether (sulfide) groups is 1. The number of halogens is 3. The number of carboxylic acid groups (broad SMARTS) is 1. The minimum Gasteiger partial charge on any atom is -0.481 e. The number of fused-ring (bicyclic) bond motifs is 1. The quantitative estimate of drug-likeness (QED) is 0.285. The first kappa shape index (κ1) is 23.4. The number of hydrogen-bond donors (Lipinski definition) is 1. The summed E-state index contributed by atoms with van der Waals surface area (Å²) in [6, 6.07) is 11.0. The van der Waals surface area contributed by atoms with Crippen LogP contribution < -0.4 is 0 Å². The molecule has 9 heteroatoms. The number of thiophene rings is 1. The number of aromatic nitrogens is 2. The maximum absolute atomic E-state index is 12.8. The van der Waals surface area contributed by atoms with Crippen molar-refractivity contribution in [2.75, 3.05) is 5.75 Å². The lowest BCUT2D eigenvalue weighted by atomic mass is 10.1. The van der Waals surface area contributed by atoms with Gasteiger partial charge < -0.3 is 5.11 Å². The van der Waals surface area contributed by atoms with Crippen molar-refractivity contribution < 1.29 is 23.1 Å². The summed E-state index contributed by atoms with van der Waals surface area (Å²) in [4.78, 5) is 12.1. The Kier molecular flexibility index (Phi) is 6.54. The molecule has 2 aromatic carbocycles. The van der Waals surface area contributed by atoms with E-state index < -0.39 is 17.7 Å². The Morgan fingerprint density at radius 2 is 1.94 bits per heavy atom. The van der Waals surface area contributed by atoms with Gasteiger partial charge in [-0.2, -0.15) is 18.3 Å². The lowest BCUT2D eigenvalue weighted by Crippen LogP contribution is -2.05. The molecule has 2 aromatic heterocycles. The topological polar surface area (TPSA) is 55.1 Å². The molecule has 1 atom stereocenters. The highest BCUT2D eigenvalue weighted by atomic mass is 32.2. The van der Waals surface area contributed by atoms with Crippen molar-refractivity contribution in [3.63, 3.8) is 0 Å². The highest BCUT2D eigenvalue weighted by Gasteiger charge is 2.30. The molecule has 2 heterocycles. The van der Waals surface area contributed by atoms with Crippen LogP contribution in [0.2, 0.25) is 0 Å². The van der Waals surface area contributed by atoms with E-state index in [9.17, 15) is 18.0 Å². The zero-order valence-corrected chi connectivity index (χ0v) is 19.5. The SMILES string of the molecule is Cc1nn(-c2ccc(C(F)(F)F)cc2)cc1[C@@H](C)CSc1ccc2c(CC(=O)O)csc2c1. The highest BCUT2D eigenvalue weighted by molar-refractivity contribution is 7.99. The van der Waals surface area contributed by atoms with Gasteiger partial charge >= 0.3 is 12.1 Å². The molecular formula is C24H21F3N2O2S2. The molecule has 1 N–H and O–H groups in total. The van der Waals surface area contributed by atoms with E-state index in [-0.39, 0.29) is 12.3 Å². The Bertz CT molecular complexity index is 1290. The van der Waals surface area contributed by atoms with Crippen molar-refractivity contribution in [2.24, 2.45) is 0 Å². The van der Waals surface area contributed by atoms with Crippen molar-refractivity contribution >= 4 is 39.2 Å². The second-order valence-corrected chi connectivity index (χ2v) is 9.87. The minimum absolute atomic E-state index is 0.0196. The van der Waals surface area contributed by atoms with Gasteiger partial charge in [0.2, 0.25) is 0 Å². The van der Waals surface area contributed by atoms with Gasteiger partial charge in [-0.25, -0.2) is 4.68 Å². The van der Waals surface area contributed by atoms with Gasteiger partial charge in [0, 0.05) is 21.5 Å². The Balaban J connectivity index is 1.45. The number of carbonyl (C=O) groups is 1. The molecular weight excluding hydrogens is 469 g/mol. The molecule has 0 bridgehead atoms. The third-order valence-corrected chi connectivity index (χ3v) is 7.64. The number of hydrogen-bond acceptors (Lipinski definition) is 4. The normalized spacial score (nSPS) is 12.9. The highest BCUT2D eigenvalue weighted by Crippen LogP contribution is 2.34. The Labute approximate surface area is 197 Å². The van der Waals surface area contributed by atoms with Crippen molar-refractivity contribution in [3.05, 3.63) is 76.4 Å². The molecule has 0 saturated heterocycles. The summed E-state index contributed by atoms with van der Waals surface area (Å²) in [5.41, 5.74) is 2.62. The van der Waals surface area contributed by atoms with Crippen LogP contribution in [0.15, 0.2) is 58.9 Å². The third-order valence-electron chi connectivity index (χ3n) is 5.40. The first-order chi connectivity index (χ1) is 15.6. The van der Waals surface area contributed by atoms with Crippen molar-refractivity contribution in [1.82, 2.24) is 9.78 Å². The van der Waals surface area contributed by atoms with Gasteiger partial charge in [-0.05, 0) is 71.1 Å². The zero-order chi connectivity index (χ0) is 23.8. The third kappa shape index (κ3) is 5.25. The van der Waals surface area contributed by atoms with Gasteiger partial charge in [-0.15, -0.1) is 23.1 Å². The summed E-state index contributed by atoms with van der Waals surface area (Å²) in [6.07, 6.45) is -2.46. The van der Waals surface area contributed by atoms with Crippen LogP contribution >= 0.6 is 23.1 Å². The first-order valence-corrected chi connectivity index (χ1v) is 12.1. The average molecular weight is 491 g/mol. The van der Waals surface area contributed by atoms with Crippen LogP contribution in [0.25, 0.3) is 15.8 Å². The predicted octanol–water partition coefficient (Wildman–Crippen LogP) is 6.94. The number of nitrogens with zero attached hydrogens (tertiary/aromatic N) is 2. The van der Waals surface area contributed by atoms with Crippen molar-refractivity contribution in [1.29, 1.82) is 0 Å². The second-order valence-electron chi connectivity index (χ2n) is 7.86. The lowest BCUT2D eigenvalue weighted by Gasteiger charge is -2.10. The summed E-state index contributed by atoms with van der Waals surface area (Å²) < 4.78 is 41.1. The number of rotatable bonds is 7. The summed E-state index contributed by atoms with van der Waals surface area (Å²) in [5, 5.41) is 16.4. The number of benzene rings is 2. The number of aryl methyl sites for hydroxylation is 1. The monoisotopic (exact) mass is 490 g/mol. The molecule has 0 amide bonds. The molecule has 0 aliphatic rings. The van der Waals surface area contributed by atoms with E-state index in [1.54, 1.807) is 27.8 Å². The Morgan fingerprint density at radius 3 is 2.61 bits per heavy atom. The largest absolute Gasteiger partial charge is 0.481 e. The molecule has 4 nitrogen and oxygen atoms in total. The molecule has 0 saturated carbocycles. The predicted molar refractivity (Wildman–Crippen MR) is 126 cm³/mol. The van der Waals surface area contributed by atoms with E-state index in [1.165, 1.54) is 12.1 Å². The maximum Gasteiger partial charge on any atom is 0.416 e. The van der Waals surface area contributed by atoms with Gasteiger partial charge in [-0.1, -0.05) is 13.0 Å². The first-order valence-electron chi connectivity index (χ1n) is 10.2. The molecule has 4 rings (SSSR count). The summed E-state index contributed by atoms with van der Waals surface area (Å²) in [5.74, 6) is 0.146. The Morgan fingerprint density at radius 1 is 1.21 bits per heavy atom. The van der Waals surface area contributed by atoms with Crippen LogP contribution in [0.1, 0.15) is 35.2 Å². The fourth-order valence-corrected chi connectivity index (χ4v) is 5.72. The number of carboxylic acids is 1. The molecule has 0 spiro atoms. The molecule has 0 aliphatic carbocycles.